The van der Waals surface area contributed by atoms with Crippen molar-refractivity contribution >= 4 is 11.9 Å². The molecule has 0 saturated carbocycles. The van der Waals surface area contributed by atoms with E-state index in [-0.39, 0.29) is 29.7 Å². The van der Waals surface area contributed by atoms with E-state index in [0.717, 1.165) is 0 Å². The van der Waals surface area contributed by atoms with Crippen LogP contribution in [0.4, 0.5) is 0 Å². The van der Waals surface area contributed by atoms with Gasteiger partial charge in [0.25, 0.3) is 0 Å². The Morgan fingerprint density at radius 1 is 1.40 bits per heavy atom. The summed E-state index contributed by atoms with van der Waals surface area (Å²) in [6.07, 6.45) is 0.540. The van der Waals surface area contributed by atoms with Crippen LogP contribution in [0.25, 0.3) is 0 Å². The van der Waals surface area contributed by atoms with Crippen LogP contribution in [0.3, 0.4) is 0 Å². The summed E-state index contributed by atoms with van der Waals surface area (Å²) in [5.41, 5.74) is -2.48. The van der Waals surface area contributed by atoms with E-state index in [9.17, 15) is 24.9 Å². The average Bonchev–Trinajstić information content (AvgIpc) is 2.95. The number of aliphatic hydroxyl groups excluding tert-OH is 2. The predicted octanol–water partition coefficient (Wildman–Crippen LogP) is 0.0601. The highest BCUT2D eigenvalue weighted by molar-refractivity contribution is 5.95. The lowest BCUT2D eigenvalue weighted by atomic mass is 9.82. The number of hydrogen-bond acceptors (Lipinski definition) is 8. The Kier molecular flexibility index (Phi) is 4.07. The SMILES string of the molecule is CC(=O)OC1(C)CC(O)C2=C(CO)C(=O)OC2=CC2(C)CCC1(O)O2. The van der Waals surface area contributed by atoms with E-state index in [0.29, 0.717) is 6.42 Å². The molecular weight excluding hydrogens is 332 g/mol. The second kappa shape index (κ2) is 5.63. The topological polar surface area (TPSA) is 123 Å². The summed E-state index contributed by atoms with van der Waals surface area (Å²) in [5.74, 6) is -3.09. The molecule has 3 rings (SSSR count). The Hall–Kier alpha value is -1.74. The van der Waals surface area contributed by atoms with Crippen molar-refractivity contribution < 1.29 is 39.1 Å². The van der Waals surface area contributed by atoms with Gasteiger partial charge in [-0.1, -0.05) is 0 Å². The fraction of sp³-hybridized carbons (Fsp3) is 0.647. The number of aliphatic hydroxyl groups is 3. The van der Waals surface area contributed by atoms with E-state index in [1.807, 2.05) is 0 Å². The molecular formula is C17H22O8. The van der Waals surface area contributed by atoms with Crippen molar-refractivity contribution in [2.24, 2.45) is 0 Å². The van der Waals surface area contributed by atoms with E-state index in [4.69, 9.17) is 14.2 Å². The molecule has 8 heteroatoms. The molecule has 138 valence electrons. The van der Waals surface area contributed by atoms with E-state index in [1.165, 1.54) is 19.9 Å². The zero-order valence-corrected chi connectivity index (χ0v) is 14.4. The first-order valence-corrected chi connectivity index (χ1v) is 8.12. The average molecular weight is 354 g/mol. The number of hydrogen-bond donors (Lipinski definition) is 3. The molecule has 1 saturated heterocycles. The number of carbonyl (C=O) groups is 2. The van der Waals surface area contributed by atoms with Gasteiger partial charge in [0.05, 0.1) is 23.9 Å². The molecule has 0 aromatic heterocycles. The number of carbonyl (C=O) groups excluding carboxylic acids is 2. The lowest BCUT2D eigenvalue weighted by Gasteiger charge is -2.42. The molecule has 3 aliphatic heterocycles. The molecule has 4 unspecified atom stereocenters. The highest BCUT2D eigenvalue weighted by Gasteiger charge is 2.60. The summed E-state index contributed by atoms with van der Waals surface area (Å²) in [7, 11) is 0. The third-order valence-corrected chi connectivity index (χ3v) is 5.11. The highest BCUT2D eigenvalue weighted by Crippen LogP contribution is 2.50. The summed E-state index contributed by atoms with van der Waals surface area (Å²) in [6.45, 7) is 3.78. The fourth-order valence-corrected chi connectivity index (χ4v) is 3.82. The van der Waals surface area contributed by atoms with E-state index in [1.54, 1.807) is 6.92 Å². The summed E-state index contributed by atoms with van der Waals surface area (Å²) in [5, 5.41) is 31.2. The summed E-state index contributed by atoms with van der Waals surface area (Å²) < 4.78 is 16.4. The molecule has 0 radical (unpaired) electrons. The maximum absolute atomic E-state index is 12.0. The summed E-state index contributed by atoms with van der Waals surface area (Å²) >= 11 is 0. The molecule has 3 aliphatic rings. The van der Waals surface area contributed by atoms with Gasteiger partial charge in [-0.25, -0.2) is 4.79 Å². The standard InChI is InChI=1S/C17H22O8/c1-9(19)24-16(3)6-11(20)13-10(8-18)14(21)23-12(13)7-15(2)4-5-17(16,22)25-15/h7,11,18,20,22H,4-6,8H2,1-3H3. The van der Waals surface area contributed by atoms with Crippen LogP contribution < -0.4 is 0 Å². The normalized spacial score (nSPS) is 40.6. The minimum absolute atomic E-state index is 0.0581. The minimum atomic E-state index is -1.81. The van der Waals surface area contributed by atoms with Gasteiger partial charge in [-0.3, -0.25) is 4.79 Å². The van der Waals surface area contributed by atoms with Crippen LogP contribution in [0.5, 0.6) is 0 Å². The van der Waals surface area contributed by atoms with Crippen LogP contribution >= 0.6 is 0 Å². The van der Waals surface area contributed by atoms with Crippen LogP contribution in [0.1, 0.15) is 40.0 Å². The van der Waals surface area contributed by atoms with Gasteiger partial charge in [-0.05, 0) is 26.3 Å². The Morgan fingerprint density at radius 3 is 2.68 bits per heavy atom. The van der Waals surface area contributed by atoms with Crippen LogP contribution in [0.2, 0.25) is 0 Å². The first kappa shape index (κ1) is 18.1. The highest BCUT2D eigenvalue weighted by atomic mass is 16.7. The van der Waals surface area contributed by atoms with Gasteiger partial charge in [0, 0.05) is 25.3 Å². The molecule has 0 amide bonds. The van der Waals surface area contributed by atoms with Gasteiger partial charge >= 0.3 is 11.9 Å². The zero-order chi connectivity index (χ0) is 18.6. The lowest BCUT2D eigenvalue weighted by molar-refractivity contribution is -0.302. The Morgan fingerprint density at radius 2 is 2.08 bits per heavy atom. The second-order valence-corrected chi connectivity index (χ2v) is 7.19. The van der Waals surface area contributed by atoms with Crippen LogP contribution in [-0.4, -0.2) is 57.0 Å². The molecule has 0 aromatic rings. The van der Waals surface area contributed by atoms with Crippen molar-refractivity contribution in [2.45, 2.75) is 63.1 Å². The number of esters is 2. The first-order chi connectivity index (χ1) is 11.5. The first-order valence-electron chi connectivity index (χ1n) is 8.12. The van der Waals surface area contributed by atoms with Crippen LogP contribution in [0.15, 0.2) is 23.0 Å². The summed E-state index contributed by atoms with van der Waals surface area (Å²) in [4.78, 5) is 23.6. The maximum Gasteiger partial charge on any atom is 0.342 e. The van der Waals surface area contributed by atoms with E-state index in [2.05, 4.69) is 0 Å². The Bertz CT molecular complexity index is 695. The number of fused-ring (bicyclic) bond motifs is 3. The minimum Gasteiger partial charge on any atom is -0.454 e. The second-order valence-electron chi connectivity index (χ2n) is 7.19. The molecule has 0 aromatic carbocycles. The van der Waals surface area contributed by atoms with E-state index < -0.39 is 41.6 Å². The molecule has 0 spiro atoms. The van der Waals surface area contributed by atoms with Crippen molar-refractivity contribution in [2.75, 3.05) is 6.61 Å². The van der Waals surface area contributed by atoms with Crippen molar-refractivity contribution in [1.29, 1.82) is 0 Å². The smallest absolute Gasteiger partial charge is 0.342 e. The fourth-order valence-electron chi connectivity index (χ4n) is 3.82. The molecule has 2 bridgehead atoms. The van der Waals surface area contributed by atoms with Gasteiger partial charge in [0.1, 0.15) is 5.76 Å². The van der Waals surface area contributed by atoms with Gasteiger partial charge in [-0.15, -0.1) is 0 Å². The number of rotatable bonds is 2. The molecule has 8 nitrogen and oxygen atoms in total. The predicted molar refractivity (Wildman–Crippen MR) is 82.8 cm³/mol. The molecule has 25 heavy (non-hydrogen) atoms. The monoisotopic (exact) mass is 354 g/mol. The van der Waals surface area contributed by atoms with Crippen molar-refractivity contribution in [3.8, 4) is 0 Å². The van der Waals surface area contributed by atoms with Crippen LogP contribution in [0, 0.1) is 0 Å². The van der Waals surface area contributed by atoms with E-state index >= 15 is 0 Å². The van der Waals surface area contributed by atoms with Crippen molar-refractivity contribution in [3.63, 3.8) is 0 Å². The molecule has 3 N–H and O–H groups in total. The van der Waals surface area contributed by atoms with Gasteiger partial charge in [-0.2, -0.15) is 0 Å². The lowest BCUT2D eigenvalue weighted by Crippen LogP contribution is -2.56. The quantitative estimate of drug-likeness (QED) is 0.595. The molecule has 3 heterocycles. The Balaban J connectivity index is 2.16. The Labute approximate surface area is 144 Å². The zero-order valence-electron chi connectivity index (χ0n) is 14.4. The van der Waals surface area contributed by atoms with Crippen molar-refractivity contribution in [1.82, 2.24) is 0 Å². The summed E-state index contributed by atoms with van der Waals surface area (Å²) in [6, 6.07) is 0. The molecule has 0 aliphatic carbocycles. The third-order valence-electron chi connectivity index (χ3n) is 5.11. The van der Waals surface area contributed by atoms with Gasteiger partial charge < -0.3 is 29.5 Å². The van der Waals surface area contributed by atoms with Crippen LogP contribution in [-0.2, 0) is 23.8 Å². The molecule has 1 fully saturated rings. The van der Waals surface area contributed by atoms with Gasteiger partial charge in [0.2, 0.25) is 5.79 Å². The van der Waals surface area contributed by atoms with Crippen molar-refractivity contribution in [3.05, 3.63) is 23.0 Å². The largest absolute Gasteiger partial charge is 0.454 e. The maximum atomic E-state index is 12.0. The third kappa shape index (κ3) is 2.79. The number of ether oxygens (including phenoxy) is 3. The van der Waals surface area contributed by atoms with Gasteiger partial charge in [0.15, 0.2) is 5.60 Å². The molecule has 4 atom stereocenters.